The number of aliphatic carboxylic acids is 1. The van der Waals surface area contributed by atoms with E-state index >= 15 is 0 Å². The van der Waals surface area contributed by atoms with Crippen molar-refractivity contribution in [2.75, 3.05) is 26.2 Å². The number of ether oxygens (including phenoxy) is 1. The molecular formula is C27H29F5N4O6. The van der Waals surface area contributed by atoms with Crippen molar-refractivity contribution in [3.05, 3.63) is 64.1 Å². The molecule has 1 aromatic heterocycles. The molecule has 0 bridgehead atoms. The fourth-order valence-electron chi connectivity index (χ4n) is 4.66. The van der Waals surface area contributed by atoms with E-state index < -0.39 is 29.9 Å². The van der Waals surface area contributed by atoms with Crippen molar-refractivity contribution in [1.82, 2.24) is 19.8 Å². The molecule has 2 heterocycles. The van der Waals surface area contributed by atoms with Crippen molar-refractivity contribution in [2.45, 2.75) is 50.0 Å². The number of alkyl halides is 3. The Bertz CT molecular complexity index is 1480. The summed E-state index contributed by atoms with van der Waals surface area (Å²) in [5, 5.41) is 20.5. The smallest absolute Gasteiger partial charge is 0.490 e. The maximum atomic E-state index is 13.8. The number of rotatable bonds is 8. The minimum Gasteiger partial charge on any atom is -0.490 e. The zero-order valence-corrected chi connectivity index (χ0v) is 22.2. The van der Waals surface area contributed by atoms with E-state index in [4.69, 9.17) is 14.6 Å². The molecule has 0 radical (unpaired) electrons. The van der Waals surface area contributed by atoms with Gasteiger partial charge in [0.2, 0.25) is 0 Å². The third-order valence-electron chi connectivity index (χ3n) is 6.84. The van der Waals surface area contributed by atoms with E-state index in [9.17, 15) is 36.6 Å². The summed E-state index contributed by atoms with van der Waals surface area (Å²) in [6, 6.07) is 8.18. The van der Waals surface area contributed by atoms with Gasteiger partial charge in [-0.3, -0.25) is 9.36 Å². The van der Waals surface area contributed by atoms with Crippen LogP contribution in [0.25, 0.3) is 11.0 Å². The van der Waals surface area contributed by atoms with E-state index in [0.29, 0.717) is 43.5 Å². The summed E-state index contributed by atoms with van der Waals surface area (Å²) in [6.45, 7) is 1.59. The number of imidazole rings is 1. The summed E-state index contributed by atoms with van der Waals surface area (Å²) in [5.74, 6) is -3.88. The second-order valence-electron chi connectivity index (χ2n) is 10.1. The van der Waals surface area contributed by atoms with Crippen molar-refractivity contribution in [3.8, 4) is 5.75 Å². The van der Waals surface area contributed by atoms with Gasteiger partial charge in [-0.2, -0.15) is 13.2 Å². The number of hydrogen-bond donors (Lipinski definition) is 4. The monoisotopic (exact) mass is 600 g/mol. The number of aliphatic hydroxyl groups is 1. The Labute approximate surface area is 235 Å². The molecule has 1 aliphatic heterocycles. The molecule has 1 atom stereocenters. The lowest BCUT2D eigenvalue weighted by Crippen LogP contribution is -2.42. The number of hydrogen-bond acceptors (Lipinski definition) is 6. The van der Waals surface area contributed by atoms with Crippen molar-refractivity contribution >= 4 is 22.9 Å². The van der Waals surface area contributed by atoms with E-state index in [-0.39, 0.29) is 41.6 Å². The van der Waals surface area contributed by atoms with Gasteiger partial charge in [0.05, 0.1) is 16.6 Å². The highest BCUT2D eigenvalue weighted by atomic mass is 19.4. The standard InChI is InChI=1S/C25H28F2N4O4.C2HF3O2/c26-15-2-6-22-21(11-15)29-25(34)31(22)18-7-9-30(10-8-18)13-19(32)14-35-23-12-16(27)1-5-20(23)24(33)28-17-3-4-17;3-2(4,5)1(6)7/h1-2,5-6,11-12,17-19,32H,3-4,7-10,13-14H2,(H,28,33)(H,29,34);(H,6,7)/t19-;/m0./s1. The maximum absolute atomic E-state index is 13.8. The number of carboxylic acids is 1. The molecule has 2 fully saturated rings. The first-order valence-electron chi connectivity index (χ1n) is 13.2. The van der Waals surface area contributed by atoms with Gasteiger partial charge in [0, 0.05) is 37.8 Å². The number of H-pyrrole nitrogens is 1. The topological polar surface area (TPSA) is 137 Å². The number of fused-ring (bicyclic) bond motifs is 1. The molecule has 1 amide bonds. The largest absolute Gasteiger partial charge is 0.490 e. The summed E-state index contributed by atoms with van der Waals surface area (Å²) in [7, 11) is 0. The number of β-amino-alcohol motifs (C(OH)–C–C–N with tert-alkyl or cyclic N) is 1. The Kier molecular flexibility index (Phi) is 9.51. The number of piperidine rings is 1. The lowest BCUT2D eigenvalue weighted by Gasteiger charge is -2.33. The van der Waals surface area contributed by atoms with Crippen LogP contribution in [-0.4, -0.2) is 81.1 Å². The lowest BCUT2D eigenvalue weighted by molar-refractivity contribution is -0.192. The van der Waals surface area contributed by atoms with Gasteiger partial charge >= 0.3 is 17.8 Å². The Morgan fingerprint density at radius 2 is 1.67 bits per heavy atom. The van der Waals surface area contributed by atoms with Gasteiger partial charge in [0.1, 0.15) is 30.1 Å². The highest BCUT2D eigenvalue weighted by molar-refractivity contribution is 5.97. The maximum Gasteiger partial charge on any atom is 0.490 e. The second kappa shape index (κ2) is 12.9. The number of aliphatic hydroxyl groups excluding tert-OH is 1. The first-order valence-corrected chi connectivity index (χ1v) is 13.2. The molecule has 15 heteroatoms. The molecule has 0 unspecified atom stereocenters. The summed E-state index contributed by atoms with van der Waals surface area (Å²) < 4.78 is 66.3. The van der Waals surface area contributed by atoms with Gasteiger partial charge in [-0.1, -0.05) is 0 Å². The van der Waals surface area contributed by atoms with Gasteiger partial charge < -0.3 is 30.2 Å². The normalized spacial score (nSPS) is 16.9. The Morgan fingerprint density at radius 3 is 2.29 bits per heavy atom. The van der Waals surface area contributed by atoms with E-state index in [0.717, 1.165) is 18.9 Å². The summed E-state index contributed by atoms with van der Waals surface area (Å²) in [5.41, 5.74) is 1.15. The molecule has 2 aliphatic rings. The average Bonchev–Trinajstić information content (AvgIpc) is 3.67. The number of carboxylic acid groups (broad SMARTS) is 1. The first-order chi connectivity index (χ1) is 19.8. The quantitative estimate of drug-likeness (QED) is 0.292. The highest BCUT2D eigenvalue weighted by Gasteiger charge is 2.38. The van der Waals surface area contributed by atoms with Crippen LogP contribution in [0.2, 0.25) is 0 Å². The fourth-order valence-corrected chi connectivity index (χ4v) is 4.66. The number of carbonyl (C=O) groups excluding carboxylic acids is 1. The third kappa shape index (κ3) is 8.06. The molecular weight excluding hydrogens is 571 g/mol. The highest BCUT2D eigenvalue weighted by Crippen LogP contribution is 2.26. The molecule has 5 rings (SSSR count). The van der Waals surface area contributed by atoms with Crippen molar-refractivity contribution < 1.29 is 46.5 Å². The number of nitrogens with one attached hydrogen (secondary N) is 2. The Morgan fingerprint density at radius 1 is 1.05 bits per heavy atom. The van der Waals surface area contributed by atoms with Crippen LogP contribution in [0.4, 0.5) is 22.0 Å². The van der Waals surface area contributed by atoms with Gasteiger partial charge in [-0.05, 0) is 56.0 Å². The summed E-state index contributed by atoms with van der Waals surface area (Å²) in [6.07, 6.45) is -2.65. The number of nitrogens with zero attached hydrogens (tertiary/aromatic N) is 2. The van der Waals surface area contributed by atoms with Crippen LogP contribution in [0, 0.1) is 11.6 Å². The van der Waals surface area contributed by atoms with Gasteiger partial charge in [-0.25, -0.2) is 18.4 Å². The van der Waals surface area contributed by atoms with Crippen LogP contribution in [0.3, 0.4) is 0 Å². The van der Waals surface area contributed by atoms with E-state index in [1.54, 1.807) is 10.6 Å². The SMILES string of the molecule is O=C(NC1CC1)c1ccc(F)cc1OC[C@@H](O)CN1CCC(n2c(=O)[nH]c3cc(F)ccc32)CC1.O=C(O)C(F)(F)F. The Balaban J connectivity index is 0.000000517. The first kappa shape index (κ1) is 31.0. The number of halogens is 5. The molecule has 2 aromatic carbocycles. The minimum absolute atomic E-state index is 0.0220. The van der Waals surface area contributed by atoms with Crippen LogP contribution < -0.4 is 15.7 Å². The molecule has 1 saturated carbocycles. The molecule has 0 spiro atoms. The number of aromatic amines is 1. The number of amides is 1. The number of carbonyl (C=O) groups is 2. The van der Waals surface area contributed by atoms with Crippen molar-refractivity contribution in [2.24, 2.45) is 0 Å². The van der Waals surface area contributed by atoms with E-state index in [1.165, 1.54) is 24.3 Å². The molecule has 1 saturated heterocycles. The number of likely N-dealkylation sites (tertiary alicyclic amines) is 1. The van der Waals surface area contributed by atoms with Gasteiger partial charge in [-0.15, -0.1) is 0 Å². The Hall–Kier alpha value is -3.98. The predicted molar refractivity (Wildman–Crippen MR) is 139 cm³/mol. The lowest BCUT2D eigenvalue weighted by atomic mass is 10.0. The van der Waals surface area contributed by atoms with Gasteiger partial charge in [0.25, 0.3) is 5.91 Å². The number of benzene rings is 2. The zero-order chi connectivity index (χ0) is 30.6. The van der Waals surface area contributed by atoms with Crippen LogP contribution in [0.1, 0.15) is 42.1 Å². The molecule has 10 nitrogen and oxygen atoms in total. The molecule has 3 aromatic rings. The zero-order valence-electron chi connectivity index (χ0n) is 22.2. The minimum atomic E-state index is -5.08. The van der Waals surface area contributed by atoms with Crippen LogP contribution >= 0.6 is 0 Å². The molecule has 42 heavy (non-hydrogen) atoms. The van der Waals surface area contributed by atoms with Crippen LogP contribution in [-0.2, 0) is 4.79 Å². The second-order valence-corrected chi connectivity index (χ2v) is 10.1. The van der Waals surface area contributed by atoms with E-state index in [2.05, 4.69) is 15.2 Å². The van der Waals surface area contributed by atoms with Crippen LogP contribution in [0.5, 0.6) is 5.75 Å². The van der Waals surface area contributed by atoms with E-state index in [1.807, 2.05) is 0 Å². The van der Waals surface area contributed by atoms with Gasteiger partial charge in [0.15, 0.2) is 0 Å². The van der Waals surface area contributed by atoms with Crippen molar-refractivity contribution in [1.29, 1.82) is 0 Å². The third-order valence-corrected chi connectivity index (χ3v) is 6.84. The molecule has 4 N–H and O–H groups in total. The summed E-state index contributed by atoms with van der Waals surface area (Å²) >= 11 is 0. The summed E-state index contributed by atoms with van der Waals surface area (Å²) in [4.78, 5) is 38.5. The van der Waals surface area contributed by atoms with Crippen LogP contribution in [0.15, 0.2) is 41.2 Å². The predicted octanol–water partition coefficient (Wildman–Crippen LogP) is 3.21. The fraction of sp³-hybridized carbons (Fsp3) is 0.444. The molecule has 228 valence electrons. The average molecular weight is 601 g/mol. The number of aromatic nitrogens is 2. The van der Waals surface area contributed by atoms with Crippen molar-refractivity contribution in [3.63, 3.8) is 0 Å². The molecule has 1 aliphatic carbocycles.